The molecule has 0 unspecified atom stereocenters. The smallest absolute Gasteiger partial charge is 0.160 e. The van der Waals surface area contributed by atoms with Crippen LogP contribution in [0.15, 0.2) is 169 Å². The standard InChI is InChI=1S/C41H30N2S/c44-40-21-10-9-20-37(40)36-19-8-7-16-34(36)26-29-22-24-30(25-23-29)33-17-11-18-35(27-33)41-42-38(31-12-3-1-4-13-31)28-39(43-41)32-14-5-2-6-15-32/h1-25,27-28,44H,26H2. The van der Waals surface area contributed by atoms with Gasteiger partial charge in [0.25, 0.3) is 0 Å². The third kappa shape index (κ3) is 5.96. The average molecular weight is 583 g/mol. The quantitative estimate of drug-likeness (QED) is 0.189. The predicted octanol–water partition coefficient (Wildman–Crippen LogP) is 10.7. The van der Waals surface area contributed by atoms with Crippen LogP contribution in [0.4, 0.5) is 0 Å². The van der Waals surface area contributed by atoms with Gasteiger partial charge < -0.3 is 0 Å². The fourth-order valence-electron chi connectivity index (χ4n) is 5.60. The topological polar surface area (TPSA) is 25.8 Å². The maximum Gasteiger partial charge on any atom is 0.160 e. The molecule has 1 aromatic heterocycles. The van der Waals surface area contributed by atoms with E-state index in [0.717, 1.165) is 56.1 Å². The Morgan fingerprint density at radius 2 is 0.955 bits per heavy atom. The Kier molecular flexibility index (Phi) is 7.86. The van der Waals surface area contributed by atoms with Crippen LogP contribution in [0.5, 0.6) is 0 Å². The Labute approximate surface area is 264 Å². The number of hydrogen-bond donors (Lipinski definition) is 1. The van der Waals surface area contributed by atoms with Crippen molar-refractivity contribution in [3.8, 4) is 56.2 Å². The fourth-order valence-corrected chi connectivity index (χ4v) is 5.88. The summed E-state index contributed by atoms with van der Waals surface area (Å²) in [5, 5.41) is 0. The van der Waals surface area contributed by atoms with E-state index in [4.69, 9.17) is 22.6 Å². The van der Waals surface area contributed by atoms with Crippen LogP contribution in [0, 0.1) is 0 Å². The Balaban J connectivity index is 1.20. The van der Waals surface area contributed by atoms with Gasteiger partial charge in [0.1, 0.15) is 0 Å². The number of rotatable bonds is 7. The maximum absolute atomic E-state index is 5.02. The van der Waals surface area contributed by atoms with Crippen molar-refractivity contribution in [3.05, 3.63) is 175 Å². The lowest BCUT2D eigenvalue weighted by atomic mass is 9.94. The Bertz CT molecular complexity index is 1980. The van der Waals surface area contributed by atoms with Crippen LogP contribution in [0.2, 0.25) is 0 Å². The van der Waals surface area contributed by atoms with Gasteiger partial charge in [-0.05, 0) is 58.0 Å². The Morgan fingerprint density at radius 1 is 0.409 bits per heavy atom. The third-order valence-electron chi connectivity index (χ3n) is 7.88. The molecule has 0 spiro atoms. The van der Waals surface area contributed by atoms with Gasteiger partial charge in [0.2, 0.25) is 0 Å². The molecule has 0 aliphatic rings. The molecule has 7 rings (SSSR count). The highest BCUT2D eigenvalue weighted by atomic mass is 32.1. The van der Waals surface area contributed by atoms with E-state index >= 15 is 0 Å². The molecule has 0 aliphatic heterocycles. The van der Waals surface area contributed by atoms with E-state index in [1.54, 1.807) is 0 Å². The summed E-state index contributed by atoms with van der Waals surface area (Å²) >= 11 is 4.71. The molecule has 6 aromatic carbocycles. The van der Waals surface area contributed by atoms with Crippen LogP contribution in [0.25, 0.3) is 56.2 Å². The van der Waals surface area contributed by atoms with Gasteiger partial charge >= 0.3 is 0 Å². The molecule has 0 N–H and O–H groups in total. The zero-order valence-corrected chi connectivity index (χ0v) is 25.0. The normalized spacial score (nSPS) is 10.9. The van der Waals surface area contributed by atoms with Gasteiger partial charge in [-0.1, -0.05) is 146 Å². The molecular formula is C41H30N2S. The van der Waals surface area contributed by atoms with Crippen LogP contribution >= 0.6 is 12.6 Å². The van der Waals surface area contributed by atoms with E-state index in [9.17, 15) is 0 Å². The number of benzene rings is 6. The Morgan fingerprint density at radius 3 is 1.61 bits per heavy atom. The molecule has 0 aliphatic carbocycles. The van der Waals surface area contributed by atoms with Crippen LogP contribution in [-0.2, 0) is 6.42 Å². The highest BCUT2D eigenvalue weighted by Gasteiger charge is 2.12. The zero-order chi connectivity index (χ0) is 29.7. The summed E-state index contributed by atoms with van der Waals surface area (Å²) in [4.78, 5) is 11.0. The summed E-state index contributed by atoms with van der Waals surface area (Å²) in [5.74, 6) is 0.713. The van der Waals surface area contributed by atoms with E-state index in [0.29, 0.717) is 5.82 Å². The molecule has 0 amide bonds. The molecule has 210 valence electrons. The van der Waals surface area contributed by atoms with Gasteiger partial charge in [-0.3, -0.25) is 0 Å². The molecule has 7 aromatic rings. The lowest BCUT2D eigenvalue weighted by molar-refractivity contribution is 1.18. The van der Waals surface area contributed by atoms with E-state index in [2.05, 4.69) is 115 Å². The van der Waals surface area contributed by atoms with Crippen LogP contribution in [0.1, 0.15) is 11.1 Å². The van der Waals surface area contributed by atoms with Gasteiger partial charge in [-0.25, -0.2) is 9.97 Å². The first kappa shape index (κ1) is 27.6. The summed E-state index contributed by atoms with van der Waals surface area (Å²) in [6, 6.07) is 56.9. The maximum atomic E-state index is 5.02. The fraction of sp³-hybridized carbons (Fsp3) is 0.0244. The molecule has 44 heavy (non-hydrogen) atoms. The van der Waals surface area contributed by atoms with Crippen LogP contribution in [0.3, 0.4) is 0 Å². The lowest BCUT2D eigenvalue weighted by Crippen LogP contribution is -1.96. The second kappa shape index (κ2) is 12.5. The molecule has 3 heteroatoms. The zero-order valence-electron chi connectivity index (χ0n) is 24.1. The molecule has 0 bridgehead atoms. The number of thiol groups is 1. The monoisotopic (exact) mass is 582 g/mol. The van der Waals surface area contributed by atoms with Crippen molar-refractivity contribution in [2.24, 2.45) is 0 Å². The summed E-state index contributed by atoms with van der Waals surface area (Å²) in [7, 11) is 0. The summed E-state index contributed by atoms with van der Waals surface area (Å²) in [5.41, 5.74) is 12.2. The number of hydrogen-bond acceptors (Lipinski definition) is 3. The molecule has 0 saturated heterocycles. The van der Waals surface area contributed by atoms with Crippen molar-refractivity contribution < 1.29 is 0 Å². The van der Waals surface area contributed by atoms with Crippen LogP contribution < -0.4 is 0 Å². The van der Waals surface area contributed by atoms with E-state index in [1.807, 2.05) is 48.5 Å². The third-order valence-corrected chi connectivity index (χ3v) is 8.27. The first-order valence-corrected chi connectivity index (χ1v) is 15.2. The molecule has 0 atom stereocenters. The largest absolute Gasteiger partial charge is 0.228 e. The van der Waals surface area contributed by atoms with E-state index in [1.165, 1.54) is 16.7 Å². The molecule has 0 radical (unpaired) electrons. The van der Waals surface area contributed by atoms with Gasteiger partial charge in [-0.2, -0.15) is 0 Å². The van der Waals surface area contributed by atoms with Crippen molar-refractivity contribution in [1.82, 2.24) is 9.97 Å². The minimum Gasteiger partial charge on any atom is -0.228 e. The first-order chi connectivity index (χ1) is 21.7. The molecule has 0 saturated carbocycles. The SMILES string of the molecule is Sc1ccccc1-c1ccccc1Cc1ccc(-c2cccc(-c3nc(-c4ccccc4)cc(-c4ccccc4)n3)c2)cc1. The van der Waals surface area contributed by atoms with Crippen molar-refractivity contribution in [2.45, 2.75) is 11.3 Å². The van der Waals surface area contributed by atoms with Crippen molar-refractivity contribution in [2.75, 3.05) is 0 Å². The highest BCUT2D eigenvalue weighted by Crippen LogP contribution is 2.32. The highest BCUT2D eigenvalue weighted by molar-refractivity contribution is 7.80. The second-order valence-corrected chi connectivity index (χ2v) is 11.3. The minimum absolute atomic E-state index is 0.713. The van der Waals surface area contributed by atoms with Gasteiger partial charge in [0.15, 0.2) is 5.82 Å². The van der Waals surface area contributed by atoms with Crippen LogP contribution in [-0.4, -0.2) is 9.97 Å². The minimum atomic E-state index is 0.713. The lowest BCUT2D eigenvalue weighted by Gasteiger charge is -2.13. The van der Waals surface area contributed by atoms with E-state index < -0.39 is 0 Å². The number of nitrogens with zero attached hydrogens (tertiary/aromatic N) is 2. The van der Waals surface area contributed by atoms with E-state index in [-0.39, 0.29) is 0 Å². The molecular weight excluding hydrogens is 553 g/mol. The summed E-state index contributed by atoms with van der Waals surface area (Å²) in [6.45, 7) is 0. The van der Waals surface area contributed by atoms with Gasteiger partial charge in [0, 0.05) is 21.6 Å². The number of aromatic nitrogens is 2. The second-order valence-electron chi connectivity index (χ2n) is 10.8. The molecule has 1 heterocycles. The Hall–Kier alpha value is -5.25. The van der Waals surface area contributed by atoms with Gasteiger partial charge in [-0.15, -0.1) is 12.6 Å². The summed E-state index contributed by atoms with van der Waals surface area (Å²) in [6.07, 6.45) is 0.848. The van der Waals surface area contributed by atoms with Crippen molar-refractivity contribution in [3.63, 3.8) is 0 Å². The average Bonchev–Trinajstić information content (AvgIpc) is 3.10. The first-order valence-electron chi connectivity index (χ1n) is 14.8. The summed E-state index contributed by atoms with van der Waals surface area (Å²) < 4.78 is 0. The predicted molar refractivity (Wildman–Crippen MR) is 186 cm³/mol. The van der Waals surface area contributed by atoms with Gasteiger partial charge in [0.05, 0.1) is 11.4 Å². The van der Waals surface area contributed by atoms with Crippen molar-refractivity contribution in [1.29, 1.82) is 0 Å². The molecule has 0 fully saturated rings. The molecule has 2 nitrogen and oxygen atoms in total. The van der Waals surface area contributed by atoms with Crippen molar-refractivity contribution >= 4 is 12.6 Å².